The molecular formula is C17H13BrCl2FN3O. The van der Waals surface area contributed by atoms with Crippen molar-refractivity contribution in [3.05, 3.63) is 68.2 Å². The van der Waals surface area contributed by atoms with Gasteiger partial charge in [0, 0.05) is 21.6 Å². The monoisotopic (exact) mass is 443 g/mol. The molecule has 0 aliphatic rings. The normalized spacial score (nSPS) is 11.3. The van der Waals surface area contributed by atoms with E-state index >= 15 is 0 Å². The smallest absolute Gasteiger partial charge is 0.249 e. The van der Waals surface area contributed by atoms with Crippen molar-refractivity contribution < 1.29 is 8.81 Å². The quantitative estimate of drug-likeness (QED) is 0.515. The highest BCUT2D eigenvalue weighted by Crippen LogP contribution is 2.29. The van der Waals surface area contributed by atoms with Gasteiger partial charge in [-0.2, -0.15) is 0 Å². The zero-order chi connectivity index (χ0) is 18.0. The highest BCUT2D eigenvalue weighted by molar-refractivity contribution is 9.10. The van der Waals surface area contributed by atoms with Crippen molar-refractivity contribution in [2.45, 2.75) is 13.1 Å². The van der Waals surface area contributed by atoms with Gasteiger partial charge in [0.15, 0.2) is 0 Å². The molecule has 2 aromatic carbocycles. The summed E-state index contributed by atoms with van der Waals surface area (Å²) in [7, 11) is 1.85. The van der Waals surface area contributed by atoms with Crippen LogP contribution in [0.1, 0.15) is 11.5 Å². The number of hydrogen-bond acceptors (Lipinski definition) is 4. The van der Waals surface area contributed by atoms with Crippen molar-refractivity contribution in [1.82, 2.24) is 15.1 Å². The van der Waals surface area contributed by atoms with Gasteiger partial charge in [-0.1, -0.05) is 39.1 Å². The number of halogens is 4. The van der Waals surface area contributed by atoms with Gasteiger partial charge >= 0.3 is 0 Å². The molecular weight excluding hydrogens is 432 g/mol. The third-order valence-electron chi connectivity index (χ3n) is 3.48. The summed E-state index contributed by atoms with van der Waals surface area (Å²) < 4.78 is 20.3. The SMILES string of the molecule is CN(Cc1nnc(-c2ccc(Cl)cc2Cl)o1)Cc1cc(Br)ccc1F. The van der Waals surface area contributed by atoms with Crippen LogP contribution >= 0.6 is 39.1 Å². The third kappa shape index (κ3) is 4.58. The Morgan fingerprint density at radius 2 is 1.92 bits per heavy atom. The number of aromatic nitrogens is 2. The largest absolute Gasteiger partial charge is 0.419 e. The predicted molar refractivity (Wildman–Crippen MR) is 99.0 cm³/mol. The lowest BCUT2D eigenvalue weighted by atomic mass is 10.2. The second kappa shape index (κ2) is 7.83. The number of benzene rings is 2. The molecule has 0 spiro atoms. The zero-order valence-corrected chi connectivity index (χ0v) is 16.2. The van der Waals surface area contributed by atoms with Crippen molar-refractivity contribution in [3.8, 4) is 11.5 Å². The van der Waals surface area contributed by atoms with Crippen LogP contribution in [0.5, 0.6) is 0 Å². The molecule has 0 aliphatic carbocycles. The number of hydrogen-bond donors (Lipinski definition) is 0. The Bertz CT molecular complexity index is 903. The second-order valence-electron chi connectivity index (χ2n) is 5.53. The summed E-state index contributed by atoms with van der Waals surface area (Å²) in [4.78, 5) is 1.88. The minimum atomic E-state index is -0.255. The van der Waals surface area contributed by atoms with Gasteiger partial charge in [0.2, 0.25) is 11.8 Å². The first-order chi connectivity index (χ1) is 11.9. The Kier molecular flexibility index (Phi) is 5.74. The fraction of sp³-hybridized carbons (Fsp3) is 0.176. The fourth-order valence-corrected chi connectivity index (χ4v) is 3.23. The predicted octanol–water partition coefficient (Wildman–Crippen LogP) is 5.58. The average molecular weight is 445 g/mol. The Balaban J connectivity index is 1.71. The van der Waals surface area contributed by atoms with E-state index in [9.17, 15) is 4.39 Å². The molecule has 0 saturated carbocycles. The molecule has 3 rings (SSSR count). The van der Waals surface area contributed by atoms with Gasteiger partial charge in [-0.3, -0.25) is 4.90 Å². The minimum Gasteiger partial charge on any atom is -0.419 e. The molecule has 0 N–H and O–H groups in total. The topological polar surface area (TPSA) is 42.2 Å². The van der Waals surface area contributed by atoms with Gasteiger partial charge < -0.3 is 4.42 Å². The summed E-state index contributed by atoms with van der Waals surface area (Å²) in [6, 6.07) is 9.89. The Morgan fingerprint density at radius 1 is 1.12 bits per heavy atom. The van der Waals surface area contributed by atoms with Gasteiger partial charge in [0.05, 0.1) is 17.1 Å². The maximum Gasteiger partial charge on any atom is 0.249 e. The van der Waals surface area contributed by atoms with E-state index in [-0.39, 0.29) is 5.82 Å². The van der Waals surface area contributed by atoms with E-state index in [1.807, 2.05) is 11.9 Å². The molecule has 0 radical (unpaired) electrons. The van der Waals surface area contributed by atoms with Gasteiger partial charge in [-0.25, -0.2) is 4.39 Å². The molecule has 0 aliphatic heterocycles. The van der Waals surface area contributed by atoms with Crippen LogP contribution in [0, 0.1) is 5.82 Å². The standard InChI is InChI=1S/C17H13BrCl2FN3O/c1-24(8-10-6-11(18)2-5-15(10)21)9-16-22-23-17(25-16)13-4-3-12(19)7-14(13)20/h2-7H,8-9H2,1H3. The maximum atomic E-state index is 13.8. The summed E-state index contributed by atoms with van der Waals surface area (Å²) in [6.45, 7) is 0.787. The van der Waals surface area contributed by atoms with Crippen molar-refractivity contribution >= 4 is 39.1 Å². The maximum absolute atomic E-state index is 13.8. The van der Waals surface area contributed by atoms with Crippen LogP contribution in [-0.4, -0.2) is 22.1 Å². The Labute approximate surface area is 162 Å². The molecule has 4 nitrogen and oxygen atoms in total. The summed E-state index contributed by atoms with van der Waals surface area (Å²) in [5.41, 5.74) is 1.20. The van der Waals surface area contributed by atoms with E-state index in [0.29, 0.717) is 46.0 Å². The van der Waals surface area contributed by atoms with Crippen LogP contribution in [-0.2, 0) is 13.1 Å². The van der Waals surface area contributed by atoms with Crippen LogP contribution in [0.25, 0.3) is 11.5 Å². The molecule has 0 amide bonds. The second-order valence-corrected chi connectivity index (χ2v) is 7.29. The summed E-state index contributed by atoms with van der Waals surface area (Å²) in [5, 5.41) is 9.01. The Morgan fingerprint density at radius 3 is 2.68 bits per heavy atom. The van der Waals surface area contributed by atoms with Crippen LogP contribution in [0.3, 0.4) is 0 Å². The molecule has 1 aromatic heterocycles. The highest BCUT2D eigenvalue weighted by Gasteiger charge is 2.14. The average Bonchev–Trinajstić information content (AvgIpc) is 2.99. The molecule has 0 atom stereocenters. The lowest BCUT2D eigenvalue weighted by Gasteiger charge is -2.15. The molecule has 25 heavy (non-hydrogen) atoms. The molecule has 8 heteroatoms. The van der Waals surface area contributed by atoms with E-state index in [0.717, 1.165) is 4.47 Å². The van der Waals surface area contributed by atoms with E-state index in [2.05, 4.69) is 26.1 Å². The van der Waals surface area contributed by atoms with Crippen LogP contribution in [0.4, 0.5) is 4.39 Å². The first-order valence-corrected chi connectivity index (χ1v) is 8.87. The summed E-state index contributed by atoms with van der Waals surface area (Å²) >= 11 is 15.4. The van der Waals surface area contributed by atoms with Crippen LogP contribution < -0.4 is 0 Å². The van der Waals surface area contributed by atoms with Crippen molar-refractivity contribution in [2.75, 3.05) is 7.05 Å². The molecule has 3 aromatic rings. The lowest BCUT2D eigenvalue weighted by Crippen LogP contribution is -2.18. The first kappa shape index (κ1) is 18.3. The first-order valence-electron chi connectivity index (χ1n) is 7.32. The van der Waals surface area contributed by atoms with Gasteiger partial charge in [0.25, 0.3) is 0 Å². The molecule has 130 valence electrons. The molecule has 1 heterocycles. The van der Waals surface area contributed by atoms with Gasteiger partial charge in [0.1, 0.15) is 5.82 Å². The molecule has 0 bridgehead atoms. The van der Waals surface area contributed by atoms with Gasteiger partial charge in [-0.05, 0) is 43.4 Å². The molecule has 0 unspecified atom stereocenters. The lowest BCUT2D eigenvalue weighted by molar-refractivity contribution is 0.279. The van der Waals surface area contributed by atoms with E-state index in [1.165, 1.54) is 6.07 Å². The van der Waals surface area contributed by atoms with Crippen LogP contribution in [0.2, 0.25) is 10.0 Å². The Hall–Kier alpha value is -1.47. The highest BCUT2D eigenvalue weighted by atomic mass is 79.9. The van der Waals surface area contributed by atoms with Crippen molar-refractivity contribution in [1.29, 1.82) is 0 Å². The molecule has 0 fully saturated rings. The van der Waals surface area contributed by atoms with E-state index in [4.69, 9.17) is 27.6 Å². The zero-order valence-electron chi connectivity index (χ0n) is 13.1. The molecule has 0 saturated heterocycles. The van der Waals surface area contributed by atoms with Crippen LogP contribution in [0.15, 0.2) is 45.3 Å². The summed E-state index contributed by atoms with van der Waals surface area (Å²) in [6.07, 6.45) is 0. The van der Waals surface area contributed by atoms with E-state index < -0.39 is 0 Å². The number of rotatable bonds is 5. The number of nitrogens with zero attached hydrogens (tertiary/aromatic N) is 3. The van der Waals surface area contributed by atoms with Gasteiger partial charge in [-0.15, -0.1) is 10.2 Å². The fourth-order valence-electron chi connectivity index (χ4n) is 2.33. The van der Waals surface area contributed by atoms with Crippen molar-refractivity contribution in [3.63, 3.8) is 0 Å². The summed E-state index contributed by atoms with van der Waals surface area (Å²) in [5.74, 6) is 0.479. The van der Waals surface area contributed by atoms with E-state index in [1.54, 1.807) is 30.3 Å². The minimum absolute atomic E-state index is 0.255. The van der Waals surface area contributed by atoms with Crippen molar-refractivity contribution in [2.24, 2.45) is 0 Å². The third-order valence-corrected chi connectivity index (χ3v) is 4.52.